The molecule has 0 atom stereocenters. The fraction of sp³-hybridized carbons (Fsp3) is 0.318. The molecule has 6 heteroatoms. The van der Waals surface area contributed by atoms with E-state index in [9.17, 15) is 14.4 Å². The van der Waals surface area contributed by atoms with Crippen molar-refractivity contribution in [2.24, 2.45) is 0 Å². The zero-order chi connectivity index (χ0) is 20.5. The second-order valence-corrected chi connectivity index (χ2v) is 7.57. The van der Waals surface area contributed by atoms with Gasteiger partial charge in [0.1, 0.15) is 12.3 Å². The van der Waals surface area contributed by atoms with Crippen molar-refractivity contribution in [3.63, 3.8) is 0 Å². The van der Waals surface area contributed by atoms with Crippen LogP contribution < -0.4 is 9.64 Å². The third-order valence-electron chi connectivity index (χ3n) is 4.63. The number of hydrogen-bond donors (Lipinski definition) is 0. The number of amides is 3. The summed E-state index contributed by atoms with van der Waals surface area (Å²) in [4.78, 5) is 39.1. The third-order valence-corrected chi connectivity index (χ3v) is 4.63. The summed E-state index contributed by atoms with van der Waals surface area (Å²) in [6, 6.07) is 12.6. The molecular formula is C22H24N2O4. The van der Waals surface area contributed by atoms with Gasteiger partial charge < -0.3 is 4.74 Å². The summed E-state index contributed by atoms with van der Waals surface area (Å²) in [5, 5.41) is 0. The van der Waals surface area contributed by atoms with E-state index in [1.54, 1.807) is 13.8 Å². The van der Waals surface area contributed by atoms with Crippen molar-refractivity contribution in [2.75, 3.05) is 11.4 Å². The van der Waals surface area contributed by atoms with Crippen LogP contribution in [0.25, 0.3) is 0 Å². The van der Waals surface area contributed by atoms with E-state index >= 15 is 0 Å². The number of ether oxygens (including phenoxy) is 1. The molecule has 1 saturated heterocycles. The molecule has 0 aliphatic carbocycles. The van der Waals surface area contributed by atoms with Crippen LogP contribution in [0.5, 0.6) is 5.75 Å². The van der Waals surface area contributed by atoms with Crippen molar-refractivity contribution >= 4 is 23.9 Å². The number of hydrogen-bond acceptors (Lipinski definition) is 4. The van der Waals surface area contributed by atoms with Gasteiger partial charge in [-0.05, 0) is 56.5 Å². The molecule has 0 unspecified atom stereocenters. The zero-order valence-electron chi connectivity index (χ0n) is 16.6. The van der Waals surface area contributed by atoms with E-state index in [-0.39, 0.29) is 25.0 Å². The lowest BCUT2D eigenvalue weighted by molar-refractivity contribution is -0.125. The molecule has 2 aromatic carbocycles. The fourth-order valence-electron chi connectivity index (χ4n) is 3.27. The monoisotopic (exact) mass is 380 g/mol. The lowest BCUT2D eigenvalue weighted by atomic mass is 10.0. The number of aryl methyl sites for hydroxylation is 2. The molecule has 0 N–H and O–H groups in total. The van der Waals surface area contributed by atoms with Crippen LogP contribution in [0, 0.1) is 13.8 Å². The van der Waals surface area contributed by atoms with E-state index in [0.717, 1.165) is 23.0 Å². The Morgan fingerprint density at radius 2 is 1.68 bits per heavy atom. The minimum absolute atomic E-state index is 0.0372. The van der Waals surface area contributed by atoms with E-state index in [0.29, 0.717) is 11.4 Å². The number of benzene rings is 2. The maximum Gasteiger partial charge on any atom is 0.332 e. The van der Waals surface area contributed by atoms with E-state index in [4.69, 9.17) is 4.74 Å². The number of nitrogens with zero attached hydrogens (tertiary/aromatic N) is 2. The molecule has 28 heavy (non-hydrogen) atoms. The third kappa shape index (κ3) is 3.91. The lowest BCUT2D eigenvalue weighted by Crippen LogP contribution is -2.33. The average molecular weight is 380 g/mol. The number of imide groups is 1. The van der Waals surface area contributed by atoms with Gasteiger partial charge in [0.2, 0.25) is 0 Å². The summed E-state index contributed by atoms with van der Waals surface area (Å²) in [6.07, 6.45) is 0.763. The van der Waals surface area contributed by atoms with Crippen LogP contribution in [-0.4, -0.2) is 35.3 Å². The van der Waals surface area contributed by atoms with Gasteiger partial charge in [-0.1, -0.05) is 30.3 Å². The molecule has 0 aromatic heterocycles. The molecular weight excluding hydrogens is 356 g/mol. The predicted molar refractivity (Wildman–Crippen MR) is 106 cm³/mol. The SMILES string of the molecule is Cc1cc(CN2C(=O)CN(c3ccccc3)C2=O)cc(C)c1OC(C)(C)C=O. The van der Waals surface area contributed by atoms with Crippen molar-refractivity contribution in [3.8, 4) is 5.75 Å². The van der Waals surface area contributed by atoms with E-state index in [2.05, 4.69) is 0 Å². The van der Waals surface area contributed by atoms with E-state index < -0.39 is 5.60 Å². The highest BCUT2D eigenvalue weighted by Gasteiger charge is 2.36. The van der Waals surface area contributed by atoms with Gasteiger partial charge in [-0.2, -0.15) is 0 Å². The number of anilines is 1. The number of carbonyl (C=O) groups is 3. The molecule has 3 amide bonds. The van der Waals surface area contributed by atoms with Gasteiger partial charge in [0, 0.05) is 5.69 Å². The second kappa shape index (κ2) is 7.46. The van der Waals surface area contributed by atoms with Crippen LogP contribution in [0.15, 0.2) is 42.5 Å². The minimum atomic E-state index is -0.923. The van der Waals surface area contributed by atoms with Crippen LogP contribution in [0.2, 0.25) is 0 Å². The Labute approximate surface area is 164 Å². The summed E-state index contributed by atoms with van der Waals surface area (Å²) in [6.45, 7) is 7.40. The van der Waals surface area contributed by atoms with Gasteiger partial charge in [0.05, 0.1) is 6.54 Å². The fourth-order valence-corrected chi connectivity index (χ4v) is 3.27. The van der Waals surface area contributed by atoms with E-state index in [1.165, 1.54) is 9.80 Å². The summed E-state index contributed by atoms with van der Waals surface area (Å²) in [5.74, 6) is 0.414. The molecule has 0 radical (unpaired) electrons. The van der Waals surface area contributed by atoms with Gasteiger partial charge in [-0.15, -0.1) is 0 Å². The van der Waals surface area contributed by atoms with Gasteiger partial charge in [-0.25, -0.2) is 4.79 Å². The van der Waals surface area contributed by atoms with Crippen molar-refractivity contribution in [1.82, 2.24) is 4.90 Å². The molecule has 1 heterocycles. The average Bonchev–Trinajstić information content (AvgIpc) is 2.94. The van der Waals surface area contributed by atoms with Crippen molar-refractivity contribution in [1.29, 1.82) is 0 Å². The first-order chi connectivity index (χ1) is 13.2. The summed E-state index contributed by atoms with van der Waals surface area (Å²) in [7, 11) is 0. The topological polar surface area (TPSA) is 66.9 Å². The van der Waals surface area contributed by atoms with Crippen molar-refractivity contribution < 1.29 is 19.1 Å². The van der Waals surface area contributed by atoms with Crippen LogP contribution in [0.4, 0.5) is 10.5 Å². The Morgan fingerprint density at radius 3 is 2.25 bits per heavy atom. The molecule has 146 valence electrons. The predicted octanol–water partition coefficient (Wildman–Crippen LogP) is 3.63. The molecule has 1 aliphatic rings. The Kier molecular flexibility index (Phi) is 5.23. The quantitative estimate of drug-likeness (QED) is 0.567. The van der Waals surface area contributed by atoms with Gasteiger partial charge in [0.25, 0.3) is 5.91 Å². The van der Waals surface area contributed by atoms with Crippen LogP contribution in [0.3, 0.4) is 0 Å². The van der Waals surface area contributed by atoms with Crippen molar-refractivity contribution in [3.05, 3.63) is 59.2 Å². The lowest BCUT2D eigenvalue weighted by Gasteiger charge is -2.24. The largest absolute Gasteiger partial charge is 0.480 e. The number of rotatable bonds is 6. The molecule has 1 aliphatic heterocycles. The number of urea groups is 1. The Morgan fingerprint density at radius 1 is 1.07 bits per heavy atom. The second-order valence-electron chi connectivity index (χ2n) is 7.57. The van der Waals surface area contributed by atoms with Gasteiger partial charge in [-0.3, -0.25) is 19.4 Å². The molecule has 3 rings (SSSR count). The highest BCUT2D eigenvalue weighted by atomic mass is 16.5. The molecule has 1 fully saturated rings. The maximum atomic E-state index is 12.8. The Hall–Kier alpha value is -3.15. The smallest absolute Gasteiger partial charge is 0.332 e. The maximum absolute atomic E-state index is 12.8. The Bertz CT molecular complexity index is 898. The first kappa shape index (κ1) is 19.6. The minimum Gasteiger partial charge on any atom is -0.480 e. The normalized spacial score (nSPS) is 14.6. The zero-order valence-corrected chi connectivity index (χ0v) is 16.6. The van der Waals surface area contributed by atoms with Crippen LogP contribution in [-0.2, 0) is 16.1 Å². The highest BCUT2D eigenvalue weighted by molar-refractivity contribution is 6.12. The molecule has 6 nitrogen and oxygen atoms in total. The first-order valence-corrected chi connectivity index (χ1v) is 9.14. The molecule has 2 aromatic rings. The van der Waals surface area contributed by atoms with Crippen molar-refractivity contribution in [2.45, 2.75) is 39.8 Å². The molecule has 0 bridgehead atoms. The first-order valence-electron chi connectivity index (χ1n) is 9.14. The number of aldehydes is 1. The standard InChI is InChI=1S/C22H24N2O4/c1-15-10-17(11-16(2)20(15)28-22(3,4)14-25)12-24-19(26)13-23(21(24)27)18-8-6-5-7-9-18/h5-11,14H,12-13H2,1-4H3. The van der Waals surface area contributed by atoms with Gasteiger partial charge in [0.15, 0.2) is 11.9 Å². The molecule has 0 saturated carbocycles. The van der Waals surface area contributed by atoms with Crippen LogP contribution >= 0.6 is 0 Å². The van der Waals surface area contributed by atoms with Crippen LogP contribution in [0.1, 0.15) is 30.5 Å². The summed E-state index contributed by atoms with van der Waals surface area (Å²) >= 11 is 0. The number of para-hydroxylation sites is 1. The van der Waals surface area contributed by atoms with E-state index in [1.807, 2.05) is 56.3 Å². The highest BCUT2D eigenvalue weighted by Crippen LogP contribution is 2.29. The number of carbonyl (C=O) groups excluding carboxylic acids is 3. The summed E-state index contributed by atoms with van der Waals surface area (Å²) in [5.41, 5.74) is 2.32. The molecule has 0 spiro atoms. The van der Waals surface area contributed by atoms with Gasteiger partial charge >= 0.3 is 6.03 Å². The Balaban J connectivity index is 1.81. The summed E-state index contributed by atoms with van der Waals surface area (Å²) < 4.78 is 5.83.